The lowest BCUT2D eigenvalue weighted by Crippen LogP contribution is -2.24. The van der Waals surface area contributed by atoms with Gasteiger partial charge in [0, 0.05) is 23.7 Å². The van der Waals surface area contributed by atoms with Gasteiger partial charge in [0.1, 0.15) is 5.60 Å². The van der Waals surface area contributed by atoms with E-state index in [9.17, 15) is 0 Å². The van der Waals surface area contributed by atoms with Crippen LogP contribution in [-0.2, 0) is 6.42 Å². The summed E-state index contributed by atoms with van der Waals surface area (Å²) in [5.41, 5.74) is 1.69. The van der Waals surface area contributed by atoms with Gasteiger partial charge in [-0.3, -0.25) is 0 Å². The van der Waals surface area contributed by atoms with Gasteiger partial charge in [-0.05, 0) is 38.4 Å². The second-order valence-corrected chi connectivity index (χ2v) is 5.84. The first kappa shape index (κ1) is 13.2. The van der Waals surface area contributed by atoms with Crippen molar-refractivity contribution in [3.8, 4) is 17.4 Å². The SMILES string of the molecule is Cc1cc(Oc2cccc3c2OC(C)(C)C3)nc(Cl)n1. The molecule has 1 aromatic carbocycles. The minimum atomic E-state index is -0.207. The molecule has 0 atom stereocenters. The van der Waals surface area contributed by atoms with Crippen LogP contribution in [0.4, 0.5) is 0 Å². The standard InChI is InChI=1S/C15H15ClN2O2/c1-9-7-12(18-14(16)17-9)19-11-6-4-5-10-8-15(2,3)20-13(10)11/h4-7H,8H2,1-3H3. The van der Waals surface area contributed by atoms with E-state index in [1.165, 1.54) is 0 Å². The smallest absolute Gasteiger partial charge is 0.225 e. The van der Waals surface area contributed by atoms with E-state index in [1.54, 1.807) is 6.07 Å². The van der Waals surface area contributed by atoms with Crippen molar-refractivity contribution in [2.75, 3.05) is 0 Å². The third-order valence-electron chi connectivity index (χ3n) is 3.07. The summed E-state index contributed by atoms with van der Waals surface area (Å²) in [6.07, 6.45) is 0.864. The zero-order valence-electron chi connectivity index (χ0n) is 11.6. The number of benzene rings is 1. The van der Waals surface area contributed by atoms with E-state index in [0.717, 1.165) is 23.4 Å². The zero-order chi connectivity index (χ0) is 14.3. The first-order valence-corrected chi connectivity index (χ1v) is 6.81. The highest BCUT2D eigenvalue weighted by Gasteiger charge is 2.32. The molecule has 5 heteroatoms. The molecule has 0 bridgehead atoms. The molecule has 0 fully saturated rings. The second-order valence-electron chi connectivity index (χ2n) is 5.50. The second kappa shape index (κ2) is 4.63. The van der Waals surface area contributed by atoms with Crippen LogP contribution in [0.15, 0.2) is 24.3 Å². The average molecular weight is 291 g/mol. The summed E-state index contributed by atoms with van der Waals surface area (Å²) < 4.78 is 11.8. The van der Waals surface area contributed by atoms with Crippen molar-refractivity contribution in [2.24, 2.45) is 0 Å². The van der Waals surface area contributed by atoms with E-state index in [2.05, 4.69) is 29.9 Å². The number of rotatable bonds is 2. The first-order chi connectivity index (χ1) is 9.43. The third kappa shape index (κ3) is 2.56. The fourth-order valence-corrected chi connectivity index (χ4v) is 2.55. The Balaban J connectivity index is 1.95. The van der Waals surface area contributed by atoms with Gasteiger partial charge in [-0.2, -0.15) is 4.98 Å². The van der Waals surface area contributed by atoms with E-state index < -0.39 is 0 Å². The summed E-state index contributed by atoms with van der Waals surface area (Å²) in [6.45, 7) is 5.96. The number of aryl methyl sites for hydroxylation is 1. The Hall–Kier alpha value is -1.81. The van der Waals surface area contributed by atoms with Crippen LogP contribution in [0.2, 0.25) is 5.28 Å². The Labute approximate surface area is 122 Å². The summed E-state index contributed by atoms with van der Waals surface area (Å²) in [7, 11) is 0. The molecular formula is C15H15ClN2O2. The first-order valence-electron chi connectivity index (χ1n) is 6.43. The number of aromatic nitrogens is 2. The number of nitrogens with zero attached hydrogens (tertiary/aromatic N) is 2. The van der Waals surface area contributed by atoms with Crippen molar-refractivity contribution in [1.29, 1.82) is 0 Å². The fourth-order valence-electron chi connectivity index (χ4n) is 2.34. The van der Waals surface area contributed by atoms with Crippen molar-refractivity contribution >= 4 is 11.6 Å². The molecule has 0 saturated carbocycles. The van der Waals surface area contributed by atoms with E-state index >= 15 is 0 Å². The molecule has 0 aliphatic carbocycles. The highest BCUT2D eigenvalue weighted by molar-refractivity contribution is 6.28. The summed E-state index contributed by atoms with van der Waals surface area (Å²) in [5, 5.41) is 0.175. The van der Waals surface area contributed by atoms with Gasteiger partial charge in [-0.15, -0.1) is 0 Å². The predicted octanol–water partition coefficient (Wildman–Crippen LogP) is 3.94. The quantitative estimate of drug-likeness (QED) is 0.786. The Kier molecular flexibility index (Phi) is 3.05. The summed E-state index contributed by atoms with van der Waals surface area (Å²) >= 11 is 5.85. The molecule has 1 aromatic heterocycles. The largest absolute Gasteiger partial charge is 0.483 e. The molecule has 0 saturated heterocycles. The number of para-hydroxylation sites is 1. The molecular weight excluding hydrogens is 276 g/mol. The lowest BCUT2D eigenvalue weighted by Gasteiger charge is -2.18. The number of hydrogen-bond donors (Lipinski definition) is 0. The van der Waals surface area contributed by atoms with Gasteiger partial charge in [-0.1, -0.05) is 12.1 Å². The average Bonchev–Trinajstić information content (AvgIpc) is 2.63. The van der Waals surface area contributed by atoms with Gasteiger partial charge in [0.25, 0.3) is 0 Å². The summed E-state index contributed by atoms with van der Waals surface area (Å²) in [4.78, 5) is 8.08. The molecule has 0 spiro atoms. The third-order valence-corrected chi connectivity index (χ3v) is 3.24. The highest BCUT2D eigenvalue weighted by atomic mass is 35.5. The number of ether oxygens (including phenoxy) is 2. The van der Waals surface area contributed by atoms with Crippen LogP contribution in [0.1, 0.15) is 25.1 Å². The van der Waals surface area contributed by atoms with Crippen molar-refractivity contribution in [3.63, 3.8) is 0 Å². The van der Waals surface area contributed by atoms with Crippen molar-refractivity contribution < 1.29 is 9.47 Å². The molecule has 0 radical (unpaired) electrons. The molecule has 1 aliphatic heterocycles. The van der Waals surface area contributed by atoms with Crippen LogP contribution in [-0.4, -0.2) is 15.6 Å². The zero-order valence-corrected chi connectivity index (χ0v) is 12.4. The highest BCUT2D eigenvalue weighted by Crippen LogP contribution is 2.43. The molecule has 3 rings (SSSR count). The summed E-state index contributed by atoms with van der Waals surface area (Å²) in [6, 6.07) is 7.61. The Morgan fingerprint density at radius 3 is 2.85 bits per heavy atom. The Morgan fingerprint density at radius 1 is 1.30 bits per heavy atom. The Bertz CT molecular complexity index is 651. The molecule has 4 nitrogen and oxygen atoms in total. The molecule has 0 unspecified atom stereocenters. The number of hydrogen-bond acceptors (Lipinski definition) is 4. The van der Waals surface area contributed by atoms with Crippen LogP contribution in [0.25, 0.3) is 0 Å². The molecule has 2 aromatic rings. The monoisotopic (exact) mass is 290 g/mol. The molecule has 2 heterocycles. The van der Waals surface area contributed by atoms with Gasteiger partial charge in [0.2, 0.25) is 11.2 Å². The minimum absolute atomic E-state index is 0.175. The van der Waals surface area contributed by atoms with E-state index in [0.29, 0.717) is 11.6 Å². The lowest BCUT2D eigenvalue weighted by molar-refractivity contribution is 0.135. The Morgan fingerprint density at radius 2 is 2.10 bits per heavy atom. The normalized spacial score (nSPS) is 15.6. The van der Waals surface area contributed by atoms with E-state index in [-0.39, 0.29) is 10.9 Å². The predicted molar refractivity (Wildman–Crippen MR) is 76.7 cm³/mol. The van der Waals surface area contributed by atoms with E-state index in [4.69, 9.17) is 21.1 Å². The molecule has 0 N–H and O–H groups in total. The van der Waals surface area contributed by atoms with Crippen LogP contribution >= 0.6 is 11.6 Å². The fraction of sp³-hybridized carbons (Fsp3) is 0.333. The maximum atomic E-state index is 5.96. The van der Waals surface area contributed by atoms with Crippen molar-refractivity contribution in [1.82, 2.24) is 9.97 Å². The topological polar surface area (TPSA) is 44.2 Å². The van der Waals surface area contributed by atoms with Gasteiger partial charge in [0.15, 0.2) is 11.5 Å². The number of fused-ring (bicyclic) bond motifs is 1. The van der Waals surface area contributed by atoms with Gasteiger partial charge in [0.05, 0.1) is 0 Å². The maximum Gasteiger partial charge on any atom is 0.225 e. The summed E-state index contributed by atoms with van der Waals surface area (Å²) in [5.74, 6) is 1.86. The van der Waals surface area contributed by atoms with Crippen LogP contribution in [0.5, 0.6) is 17.4 Å². The van der Waals surface area contributed by atoms with Crippen LogP contribution in [0.3, 0.4) is 0 Å². The number of halogens is 1. The van der Waals surface area contributed by atoms with Gasteiger partial charge < -0.3 is 9.47 Å². The minimum Gasteiger partial charge on any atom is -0.483 e. The van der Waals surface area contributed by atoms with Crippen molar-refractivity contribution in [3.05, 3.63) is 40.8 Å². The van der Waals surface area contributed by atoms with Gasteiger partial charge in [-0.25, -0.2) is 4.98 Å². The molecule has 0 amide bonds. The van der Waals surface area contributed by atoms with Gasteiger partial charge >= 0.3 is 0 Å². The lowest BCUT2D eigenvalue weighted by atomic mass is 10.0. The molecule has 1 aliphatic rings. The maximum absolute atomic E-state index is 5.96. The molecule has 20 heavy (non-hydrogen) atoms. The van der Waals surface area contributed by atoms with Crippen LogP contribution < -0.4 is 9.47 Å². The molecule has 104 valence electrons. The van der Waals surface area contributed by atoms with Crippen molar-refractivity contribution in [2.45, 2.75) is 32.8 Å². The van der Waals surface area contributed by atoms with Crippen LogP contribution in [0, 0.1) is 6.92 Å². The van der Waals surface area contributed by atoms with E-state index in [1.807, 2.05) is 19.1 Å².